The van der Waals surface area contributed by atoms with Gasteiger partial charge in [0.1, 0.15) is 30.2 Å². The van der Waals surface area contributed by atoms with Gasteiger partial charge in [-0.3, -0.25) is 4.57 Å². The average molecular weight is 605 g/mol. The van der Waals surface area contributed by atoms with Gasteiger partial charge in [0.15, 0.2) is 17.7 Å². The van der Waals surface area contributed by atoms with Crippen molar-refractivity contribution in [2.45, 2.75) is 24.5 Å². The number of phosphoric acid groups is 4. The van der Waals surface area contributed by atoms with Gasteiger partial charge in [-0.25, -0.2) is 33.2 Å². The third kappa shape index (κ3) is 8.66. The van der Waals surface area contributed by atoms with Gasteiger partial charge < -0.3 is 55.2 Å². The van der Waals surface area contributed by atoms with Gasteiger partial charge in [-0.2, -0.15) is 12.9 Å². The summed E-state index contributed by atoms with van der Waals surface area (Å²) in [5.74, 6) is 0.218. The number of rotatable bonds is 8. The number of fused-ring (bicyclic) bond motifs is 1. The Morgan fingerprint density at radius 1 is 0.889 bits per heavy atom. The van der Waals surface area contributed by atoms with Crippen LogP contribution in [0.3, 0.4) is 0 Å². The van der Waals surface area contributed by atoms with Crippen LogP contribution in [0.4, 0.5) is 5.82 Å². The largest absolute Gasteiger partial charge is 0.501 e. The number of aliphatic hydroxyl groups excluding tert-OH is 3. The zero-order chi connectivity index (χ0) is 27.7. The Labute approximate surface area is 198 Å². The SMILES string of the molecule is Nc1ncnc2c1ncn2[C@@H]1O[C@H](CO)[C@@H](O)[C@H]1O.O=P(O)(O)OP(=O)(OP(=O)(O)O)OP(=O)(O)O. The molecule has 1 fully saturated rings. The molecule has 1 aliphatic heterocycles. The normalized spacial score (nSPS) is 23.5. The molecule has 1 aliphatic rings. The molecule has 2 aromatic rings. The molecule has 26 heteroatoms. The molecule has 3 rings (SSSR count). The second-order valence-electron chi connectivity index (χ2n) is 6.48. The highest BCUT2D eigenvalue weighted by molar-refractivity contribution is 7.71. The molecule has 22 nitrogen and oxygen atoms in total. The van der Waals surface area contributed by atoms with E-state index in [-0.39, 0.29) is 5.82 Å². The van der Waals surface area contributed by atoms with Crippen LogP contribution in [0.5, 0.6) is 0 Å². The van der Waals surface area contributed by atoms with E-state index in [1.807, 2.05) is 0 Å². The van der Waals surface area contributed by atoms with E-state index >= 15 is 0 Å². The molecule has 0 radical (unpaired) electrons. The fraction of sp³-hybridized carbons (Fsp3) is 0.500. The van der Waals surface area contributed by atoms with E-state index in [1.165, 1.54) is 17.2 Å². The highest BCUT2D eigenvalue weighted by Gasteiger charge is 2.47. The molecule has 11 N–H and O–H groups in total. The fourth-order valence-electron chi connectivity index (χ4n) is 2.60. The highest BCUT2D eigenvalue weighted by Crippen LogP contribution is 2.72. The Bertz CT molecular complexity index is 1190. The minimum atomic E-state index is -5.87. The number of nitrogens with zero attached hydrogens (tertiary/aromatic N) is 4. The van der Waals surface area contributed by atoms with Crippen LogP contribution in [0.2, 0.25) is 0 Å². The van der Waals surface area contributed by atoms with Gasteiger partial charge in [-0.1, -0.05) is 0 Å². The topological polar surface area (TPSA) is 357 Å². The van der Waals surface area contributed by atoms with E-state index in [0.29, 0.717) is 11.2 Å². The van der Waals surface area contributed by atoms with Gasteiger partial charge in [-0.15, -0.1) is 0 Å². The predicted molar refractivity (Wildman–Crippen MR) is 110 cm³/mol. The summed E-state index contributed by atoms with van der Waals surface area (Å²) in [6, 6.07) is 0. The predicted octanol–water partition coefficient (Wildman–Crippen LogP) is -2.56. The minimum Gasteiger partial charge on any atom is -0.394 e. The van der Waals surface area contributed by atoms with Gasteiger partial charge in [0.05, 0.1) is 12.9 Å². The number of aliphatic hydroxyl groups is 3. The molecule has 0 aromatic carbocycles. The molecular weight excluding hydrogens is 586 g/mol. The van der Waals surface area contributed by atoms with Crippen molar-refractivity contribution in [3.8, 4) is 0 Å². The van der Waals surface area contributed by atoms with E-state index in [9.17, 15) is 28.5 Å². The molecule has 0 aliphatic carbocycles. The molecule has 36 heavy (non-hydrogen) atoms. The lowest BCUT2D eigenvalue weighted by Crippen LogP contribution is -2.33. The number of ether oxygens (including phenoxy) is 1. The number of hydrogen-bond donors (Lipinski definition) is 10. The maximum absolute atomic E-state index is 11.1. The standard InChI is InChI=1S/C10H13N5O4.H6O13P4/c11-8-5-9(13-2-12-8)15(3-14-5)10-7(18)6(17)4(1-16)19-10;1-14(2,3)11-17(10,12-15(4,5)6)13-16(7,8)9/h2-4,6-7,10,16-18H,1H2,(H2,11,12,13);(H2,1,2,3)(H2,4,5,6)(H2,7,8,9)/t4-,6-,7-,10-;/m1./s1. The smallest absolute Gasteiger partial charge is 0.394 e. The fourth-order valence-corrected chi connectivity index (χ4v) is 6.89. The number of nitrogens with two attached hydrogens (primary N) is 1. The summed E-state index contributed by atoms with van der Waals surface area (Å²) in [5, 5.41) is 28.7. The van der Waals surface area contributed by atoms with E-state index < -0.39 is 62.4 Å². The van der Waals surface area contributed by atoms with Gasteiger partial charge >= 0.3 is 31.3 Å². The third-order valence-electron chi connectivity index (χ3n) is 3.80. The molecule has 1 saturated heterocycles. The highest BCUT2D eigenvalue weighted by atomic mass is 31.3. The lowest BCUT2D eigenvalue weighted by molar-refractivity contribution is -0.0511. The van der Waals surface area contributed by atoms with Gasteiger partial charge in [-0.05, 0) is 0 Å². The maximum Gasteiger partial charge on any atom is 0.501 e. The number of anilines is 1. The molecule has 0 amide bonds. The van der Waals surface area contributed by atoms with Crippen molar-refractivity contribution in [1.29, 1.82) is 0 Å². The molecule has 4 atom stereocenters. The Kier molecular flexibility index (Phi) is 9.67. The van der Waals surface area contributed by atoms with Crippen molar-refractivity contribution in [2.24, 2.45) is 0 Å². The quantitative estimate of drug-likeness (QED) is 0.138. The first-order valence-electron chi connectivity index (χ1n) is 8.71. The van der Waals surface area contributed by atoms with Crippen LogP contribution in [0.1, 0.15) is 6.23 Å². The first-order valence-corrected chi connectivity index (χ1v) is 14.8. The lowest BCUT2D eigenvalue weighted by Gasteiger charge is -2.17. The van der Waals surface area contributed by atoms with Crippen LogP contribution in [0.25, 0.3) is 11.2 Å². The summed E-state index contributed by atoms with van der Waals surface area (Å²) in [4.78, 5) is 61.1. The average Bonchev–Trinajstić information content (AvgIpc) is 3.20. The summed E-state index contributed by atoms with van der Waals surface area (Å²) in [5.41, 5.74) is 6.44. The van der Waals surface area contributed by atoms with Crippen molar-refractivity contribution in [2.75, 3.05) is 12.3 Å². The molecule has 0 saturated carbocycles. The molecule has 0 unspecified atom stereocenters. The van der Waals surface area contributed by atoms with E-state index in [1.54, 1.807) is 0 Å². The monoisotopic (exact) mass is 605 g/mol. The van der Waals surface area contributed by atoms with Crippen LogP contribution < -0.4 is 5.73 Å². The Balaban J connectivity index is 0.000000256. The number of hydrogen-bond acceptors (Lipinski definition) is 15. The van der Waals surface area contributed by atoms with E-state index in [0.717, 1.165) is 0 Å². The summed E-state index contributed by atoms with van der Waals surface area (Å²) in [6.45, 7) is -0.390. The molecule has 2 aromatic heterocycles. The van der Waals surface area contributed by atoms with Crippen LogP contribution in [-0.2, 0) is 35.9 Å². The van der Waals surface area contributed by atoms with E-state index in [2.05, 4.69) is 27.9 Å². The molecule has 3 heterocycles. The van der Waals surface area contributed by atoms with Crippen molar-refractivity contribution in [3.63, 3.8) is 0 Å². The molecule has 0 bridgehead atoms. The number of nitrogen functional groups attached to an aromatic ring is 1. The van der Waals surface area contributed by atoms with Crippen molar-refractivity contribution >= 4 is 48.3 Å². The van der Waals surface area contributed by atoms with Gasteiger partial charge in [0, 0.05) is 0 Å². The first kappa shape index (κ1) is 31.0. The Morgan fingerprint density at radius 3 is 1.81 bits per heavy atom. The van der Waals surface area contributed by atoms with Crippen molar-refractivity contribution < 1.29 is 80.6 Å². The van der Waals surface area contributed by atoms with Gasteiger partial charge in [0.2, 0.25) is 0 Å². The molecular formula is C10H19N5O17P4. The van der Waals surface area contributed by atoms with E-state index in [4.69, 9.17) is 44.9 Å². The second-order valence-corrected chi connectivity index (χ2v) is 12.3. The van der Waals surface area contributed by atoms with Crippen LogP contribution in [-0.4, -0.2) is 89.1 Å². The zero-order valence-electron chi connectivity index (χ0n) is 17.1. The summed E-state index contributed by atoms with van der Waals surface area (Å²) < 4.78 is 58.2. The Morgan fingerprint density at radius 2 is 1.39 bits per heavy atom. The summed E-state index contributed by atoms with van der Waals surface area (Å²) >= 11 is 0. The zero-order valence-corrected chi connectivity index (χ0v) is 20.7. The Hall–Kier alpha value is -1.25. The van der Waals surface area contributed by atoms with Crippen LogP contribution in [0.15, 0.2) is 12.7 Å². The molecule has 206 valence electrons. The van der Waals surface area contributed by atoms with Crippen LogP contribution in [0, 0.1) is 0 Å². The second kappa shape index (κ2) is 11.2. The third-order valence-corrected chi connectivity index (χ3v) is 8.75. The minimum absolute atomic E-state index is 0.218. The van der Waals surface area contributed by atoms with Crippen molar-refractivity contribution in [3.05, 3.63) is 12.7 Å². The maximum atomic E-state index is 11.1. The first-order chi connectivity index (χ1) is 16.3. The van der Waals surface area contributed by atoms with Crippen molar-refractivity contribution in [1.82, 2.24) is 19.5 Å². The number of imidazole rings is 1. The van der Waals surface area contributed by atoms with Crippen LogP contribution >= 0.6 is 31.3 Å². The summed E-state index contributed by atoms with van der Waals surface area (Å²) in [6.07, 6.45) is -1.42. The summed E-state index contributed by atoms with van der Waals surface area (Å²) in [7, 11) is -22.9. The number of aromatic nitrogens is 4. The molecule has 0 spiro atoms. The lowest BCUT2D eigenvalue weighted by atomic mass is 10.1. The van der Waals surface area contributed by atoms with Gasteiger partial charge in [0.25, 0.3) is 0 Å².